The van der Waals surface area contributed by atoms with Gasteiger partial charge in [-0.15, -0.1) is 0 Å². The summed E-state index contributed by atoms with van der Waals surface area (Å²) in [4.78, 5) is 5.00. The summed E-state index contributed by atoms with van der Waals surface area (Å²) in [6.45, 7) is 25.8. The van der Waals surface area contributed by atoms with Gasteiger partial charge in [0.1, 0.15) is 0 Å². The van der Waals surface area contributed by atoms with Crippen LogP contribution in [0, 0.1) is 27.7 Å². The van der Waals surface area contributed by atoms with Crippen LogP contribution in [0.25, 0.3) is 44.5 Å². The maximum Gasteiger partial charge on any atom is 0.0465 e. The normalized spacial score (nSPS) is 16.7. The molecule has 0 saturated heterocycles. The molecule has 384 valence electrons. The molecule has 0 radical (unpaired) electrons. The van der Waals surface area contributed by atoms with E-state index in [4.69, 9.17) is 0 Å². The molecule has 10 aromatic rings. The Kier molecular flexibility index (Phi) is 11.4. The minimum absolute atomic E-state index is 0.0432. The average Bonchev–Trinajstić information content (AvgIpc) is 3.95. The molecule has 0 aromatic heterocycles. The molecule has 0 bridgehead atoms. The number of aryl methyl sites for hydroxylation is 4. The predicted octanol–water partition coefficient (Wildman–Crippen LogP) is 20.8. The highest BCUT2D eigenvalue weighted by molar-refractivity contribution is 5.89. The van der Waals surface area contributed by atoms with Gasteiger partial charge in [0.2, 0.25) is 0 Å². The Hall–Kier alpha value is -8.20. The van der Waals surface area contributed by atoms with Crippen molar-refractivity contribution >= 4 is 34.1 Å². The third-order valence-corrected chi connectivity index (χ3v) is 18.6. The van der Waals surface area contributed by atoms with Gasteiger partial charge < -0.3 is 9.80 Å². The van der Waals surface area contributed by atoms with E-state index < -0.39 is 0 Å². The lowest BCUT2D eigenvalue weighted by Gasteiger charge is -2.32. The molecular formula is C76H70N2. The summed E-state index contributed by atoms with van der Waals surface area (Å²) in [6.07, 6.45) is 0.997. The topological polar surface area (TPSA) is 6.48 Å². The molecule has 0 saturated carbocycles. The number of hydrogen-bond donors (Lipinski definition) is 0. The zero-order valence-electron chi connectivity index (χ0n) is 47.3. The van der Waals surface area contributed by atoms with Gasteiger partial charge in [-0.25, -0.2) is 0 Å². The number of fused-ring (bicyclic) bond motifs is 7. The molecule has 3 aliphatic rings. The van der Waals surface area contributed by atoms with Gasteiger partial charge in [-0.1, -0.05) is 188 Å². The third-order valence-electron chi connectivity index (χ3n) is 18.6. The lowest BCUT2D eigenvalue weighted by Crippen LogP contribution is -2.24. The molecule has 13 rings (SSSR count). The van der Waals surface area contributed by atoms with E-state index in [1.807, 2.05) is 0 Å². The standard InChI is InChI=1S/C76H70N2/c1-48-20-12-14-22-59(48)61-37-32-54(42-50(61)3)77(56-34-39-65-63-24-16-18-26-67(63)74(7,8)70(65)44-56)53-30-28-52(29-31-53)76(11)47-73(5,6)69-41-36-58(46-72(69)76)78(55-33-38-62(51(4)43-55)60-23-15-13-21-49(60)2)57-35-40-66-64-25-17-19-27-68(64)75(9,10)71(66)45-57/h12-46H,47H2,1-11H3. The number of hydrogen-bond acceptors (Lipinski definition) is 2. The maximum absolute atomic E-state index is 2.53. The average molecular weight is 1010 g/mol. The molecule has 78 heavy (non-hydrogen) atoms. The molecular weight excluding hydrogens is 941 g/mol. The van der Waals surface area contributed by atoms with Crippen molar-refractivity contribution < 1.29 is 0 Å². The maximum atomic E-state index is 2.53. The summed E-state index contributed by atoms with van der Waals surface area (Å²) in [5, 5.41) is 0. The second kappa shape index (κ2) is 17.9. The van der Waals surface area contributed by atoms with Crippen molar-refractivity contribution in [2.24, 2.45) is 0 Å². The molecule has 10 aromatic carbocycles. The van der Waals surface area contributed by atoms with Crippen molar-refractivity contribution in [3.8, 4) is 44.5 Å². The number of anilines is 6. The highest BCUT2D eigenvalue weighted by Crippen LogP contribution is 2.57. The van der Waals surface area contributed by atoms with Crippen LogP contribution in [0.5, 0.6) is 0 Å². The molecule has 1 unspecified atom stereocenters. The van der Waals surface area contributed by atoms with Gasteiger partial charge in [-0.05, 0) is 218 Å². The first-order chi connectivity index (χ1) is 37.4. The Labute approximate surface area is 463 Å². The Bertz CT molecular complexity index is 4050. The minimum Gasteiger partial charge on any atom is -0.310 e. The zero-order chi connectivity index (χ0) is 54.0. The summed E-state index contributed by atoms with van der Waals surface area (Å²) in [7, 11) is 0. The Morgan fingerprint density at radius 2 is 0.603 bits per heavy atom. The van der Waals surface area contributed by atoms with Gasteiger partial charge in [0.05, 0.1) is 0 Å². The molecule has 2 heteroatoms. The highest BCUT2D eigenvalue weighted by Gasteiger charge is 2.46. The highest BCUT2D eigenvalue weighted by atomic mass is 15.1. The van der Waals surface area contributed by atoms with Crippen molar-refractivity contribution in [1.82, 2.24) is 0 Å². The van der Waals surface area contributed by atoms with Crippen LogP contribution >= 0.6 is 0 Å². The Balaban J connectivity index is 0.926. The van der Waals surface area contributed by atoms with Crippen molar-refractivity contribution in [2.75, 3.05) is 9.80 Å². The van der Waals surface area contributed by atoms with E-state index in [0.29, 0.717) is 0 Å². The molecule has 3 aliphatic carbocycles. The second-order valence-electron chi connectivity index (χ2n) is 24.8. The number of nitrogens with zero attached hydrogens (tertiary/aromatic N) is 2. The van der Waals surface area contributed by atoms with Crippen LogP contribution in [0.15, 0.2) is 212 Å². The van der Waals surface area contributed by atoms with E-state index in [1.54, 1.807) is 0 Å². The van der Waals surface area contributed by atoms with Gasteiger partial charge in [-0.3, -0.25) is 0 Å². The van der Waals surface area contributed by atoms with Crippen LogP contribution in [0.4, 0.5) is 34.1 Å². The van der Waals surface area contributed by atoms with E-state index in [2.05, 4.69) is 298 Å². The fourth-order valence-electron chi connectivity index (χ4n) is 14.5. The van der Waals surface area contributed by atoms with Gasteiger partial charge in [0, 0.05) is 50.4 Å². The first-order valence-corrected chi connectivity index (χ1v) is 28.1. The van der Waals surface area contributed by atoms with Crippen LogP contribution < -0.4 is 9.80 Å². The van der Waals surface area contributed by atoms with Crippen LogP contribution in [-0.4, -0.2) is 0 Å². The fourth-order valence-corrected chi connectivity index (χ4v) is 14.5. The van der Waals surface area contributed by atoms with E-state index >= 15 is 0 Å². The molecule has 0 heterocycles. The zero-order valence-corrected chi connectivity index (χ0v) is 47.3. The van der Waals surface area contributed by atoms with E-state index in [0.717, 1.165) is 29.2 Å². The van der Waals surface area contributed by atoms with Crippen molar-refractivity contribution in [1.29, 1.82) is 0 Å². The van der Waals surface area contributed by atoms with Gasteiger partial charge in [-0.2, -0.15) is 0 Å². The summed E-state index contributed by atoms with van der Waals surface area (Å²) < 4.78 is 0. The van der Waals surface area contributed by atoms with E-state index in [-0.39, 0.29) is 21.7 Å². The van der Waals surface area contributed by atoms with Gasteiger partial charge >= 0.3 is 0 Å². The molecule has 2 nitrogen and oxygen atoms in total. The first kappa shape index (κ1) is 49.4. The quantitative estimate of drug-likeness (QED) is 0.142. The Morgan fingerprint density at radius 1 is 0.269 bits per heavy atom. The van der Waals surface area contributed by atoms with Crippen LogP contribution in [0.2, 0.25) is 0 Å². The first-order valence-electron chi connectivity index (χ1n) is 28.1. The Morgan fingerprint density at radius 3 is 1.05 bits per heavy atom. The molecule has 0 amide bonds. The minimum atomic E-state index is -0.259. The predicted molar refractivity (Wildman–Crippen MR) is 331 cm³/mol. The van der Waals surface area contributed by atoms with Crippen LogP contribution in [0.3, 0.4) is 0 Å². The van der Waals surface area contributed by atoms with Crippen LogP contribution in [0.1, 0.15) is 116 Å². The third kappa shape index (κ3) is 7.66. The molecule has 1 atom stereocenters. The van der Waals surface area contributed by atoms with Gasteiger partial charge in [0.25, 0.3) is 0 Å². The lowest BCUT2D eigenvalue weighted by atomic mass is 9.75. The van der Waals surface area contributed by atoms with Crippen LogP contribution in [-0.2, 0) is 21.7 Å². The summed E-state index contributed by atoms with van der Waals surface area (Å²) in [6, 6.07) is 80.8. The van der Waals surface area contributed by atoms with Crippen molar-refractivity contribution in [3.05, 3.63) is 274 Å². The second-order valence-corrected chi connectivity index (χ2v) is 24.8. The van der Waals surface area contributed by atoms with Crippen molar-refractivity contribution in [3.63, 3.8) is 0 Å². The SMILES string of the molecule is Cc1ccccc1-c1ccc(N(c2ccc(C3(C)CC(C)(C)c4ccc(N(c5ccc(-c6ccccc6C)c(C)c5)c5ccc6c(c5)C(C)(C)c5ccccc5-6)cc43)cc2)c2ccc3c(c2)C(C)(C)c2ccccc2-3)cc1C. The summed E-state index contributed by atoms with van der Waals surface area (Å²) in [5.41, 5.74) is 31.6. The molecule has 0 aliphatic heterocycles. The smallest absolute Gasteiger partial charge is 0.0465 e. The van der Waals surface area contributed by atoms with E-state index in [9.17, 15) is 0 Å². The number of benzene rings is 10. The largest absolute Gasteiger partial charge is 0.310 e. The van der Waals surface area contributed by atoms with E-state index in [1.165, 1.54) is 117 Å². The molecule has 0 N–H and O–H groups in total. The molecule has 0 fully saturated rings. The number of rotatable bonds is 9. The monoisotopic (exact) mass is 1010 g/mol. The van der Waals surface area contributed by atoms with Crippen molar-refractivity contribution in [2.45, 2.75) is 104 Å². The summed E-state index contributed by atoms with van der Waals surface area (Å²) >= 11 is 0. The fraction of sp³-hybridized carbons (Fsp3) is 0.211. The lowest BCUT2D eigenvalue weighted by molar-refractivity contribution is 0.425. The molecule has 0 spiro atoms. The summed E-state index contributed by atoms with van der Waals surface area (Å²) in [5.74, 6) is 0. The van der Waals surface area contributed by atoms with Gasteiger partial charge in [0.15, 0.2) is 0 Å².